The Kier molecular flexibility index (Phi) is 24.3. The van der Waals surface area contributed by atoms with Crippen LogP contribution in [0.1, 0.15) is 162 Å². The van der Waals surface area contributed by atoms with E-state index >= 15 is 0 Å². The molecule has 0 aromatic carbocycles. The highest BCUT2D eigenvalue weighted by Crippen LogP contribution is 2.20. The summed E-state index contributed by atoms with van der Waals surface area (Å²) in [6, 6.07) is 0. The zero-order valence-corrected chi connectivity index (χ0v) is 21.2. The van der Waals surface area contributed by atoms with Crippen molar-refractivity contribution in [2.75, 3.05) is 6.61 Å². The van der Waals surface area contributed by atoms with Crippen LogP contribution in [0, 0.1) is 5.92 Å². The molecular formula is C28H56O2. The lowest BCUT2D eigenvalue weighted by Gasteiger charge is -2.17. The Morgan fingerprint density at radius 1 is 0.533 bits per heavy atom. The molecule has 0 saturated heterocycles. The lowest BCUT2D eigenvalue weighted by molar-refractivity contribution is -0.145. The Morgan fingerprint density at radius 2 is 0.900 bits per heavy atom. The molecule has 0 heterocycles. The molecule has 0 aromatic heterocycles. The van der Waals surface area contributed by atoms with Crippen molar-refractivity contribution < 1.29 is 9.53 Å². The summed E-state index contributed by atoms with van der Waals surface area (Å²) in [5, 5.41) is 0. The minimum Gasteiger partial charge on any atom is -0.465 e. The van der Waals surface area contributed by atoms with Crippen LogP contribution in [0.2, 0.25) is 0 Å². The van der Waals surface area contributed by atoms with Crippen LogP contribution in [0.15, 0.2) is 0 Å². The van der Waals surface area contributed by atoms with Gasteiger partial charge in [-0.15, -0.1) is 0 Å². The summed E-state index contributed by atoms with van der Waals surface area (Å²) in [6.07, 6.45) is 28.1. The van der Waals surface area contributed by atoms with E-state index in [1.54, 1.807) is 0 Å². The molecule has 180 valence electrons. The van der Waals surface area contributed by atoms with Gasteiger partial charge in [0, 0.05) is 6.42 Å². The SMILES string of the molecule is CCCCCCCCCCC(CCCCCC)COC(=O)CCCCCCCCC. The van der Waals surface area contributed by atoms with Crippen LogP contribution < -0.4 is 0 Å². The third kappa shape index (κ3) is 22.2. The summed E-state index contributed by atoms with van der Waals surface area (Å²) in [5.74, 6) is 0.623. The lowest BCUT2D eigenvalue weighted by atomic mass is 9.95. The molecular weight excluding hydrogens is 368 g/mol. The Morgan fingerprint density at radius 3 is 1.37 bits per heavy atom. The number of esters is 1. The first-order valence-electron chi connectivity index (χ1n) is 13.9. The van der Waals surface area contributed by atoms with E-state index in [9.17, 15) is 4.79 Å². The minimum absolute atomic E-state index is 0.0399. The van der Waals surface area contributed by atoms with Gasteiger partial charge in [0.05, 0.1) is 6.61 Å². The third-order valence-electron chi connectivity index (χ3n) is 6.40. The van der Waals surface area contributed by atoms with Gasteiger partial charge in [-0.05, 0) is 25.2 Å². The maximum atomic E-state index is 12.1. The first kappa shape index (κ1) is 29.5. The second kappa shape index (κ2) is 24.7. The maximum Gasteiger partial charge on any atom is 0.305 e. The van der Waals surface area contributed by atoms with E-state index < -0.39 is 0 Å². The summed E-state index contributed by atoms with van der Waals surface area (Å²) < 4.78 is 5.69. The fraction of sp³-hybridized carbons (Fsp3) is 0.964. The second-order valence-electron chi connectivity index (χ2n) is 9.53. The highest BCUT2D eigenvalue weighted by atomic mass is 16.5. The molecule has 0 bridgehead atoms. The number of carbonyl (C=O) groups is 1. The number of hydrogen-bond donors (Lipinski definition) is 0. The van der Waals surface area contributed by atoms with Crippen molar-refractivity contribution in [3.05, 3.63) is 0 Å². The van der Waals surface area contributed by atoms with E-state index in [2.05, 4.69) is 20.8 Å². The smallest absolute Gasteiger partial charge is 0.305 e. The molecule has 0 amide bonds. The first-order chi connectivity index (χ1) is 14.7. The maximum absolute atomic E-state index is 12.1. The van der Waals surface area contributed by atoms with Gasteiger partial charge in [0.15, 0.2) is 0 Å². The van der Waals surface area contributed by atoms with Gasteiger partial charge in [-0.2, -0.15) is 0 Å². The van der Waals surface area contributed by atoms with Gasteiger partial charge in [0.25, 0.3) is 0 Å². The van der Waals surface area contributed by atoms with Gasteiger partial charge in [-0.3, -0.25) is 4.79 Å². The molecule has 2 heteroatoms. The quantitative estimate of drug-likeness (QED) is 0.114. The van der Waals surface area contributed by atoms with Crippen molar-refractivity contribution in [3.63, 3.8) is 0 Å². The molecule has 0 aliphatic rings. The van der Waals surface area contributed by atoms with Crippen LogP contribution >= 0.6 is 0 Å². The van der Waals surface area contributed by atoms with Crippen LogP contribution in [0.3, 0.4) is 0 Å². The Labute approximate surface area is 190 Å². The monoisotopic (exact) mass is 424 g/mol. The second-order valence-corrected chi connectivity index (χ2v) is 9.53. The fourth-order valence-electron chi connectivity index (χ4n) is 4.25. The molecule has 0 aromatic rings. The van der Waals surface area contributed by atoms with E-state index in [-0.39, 0.29) is 5.97 Å². The largest absolute Gasteiger partial charge is 0.465 e. The summed E-state index contributed by atoms with van der Waals surface area (Å²) in [5.41, 5.74) is 0. The number of unbranched alkanes of at least 4 members (excludes halogenated alkanes) is 16. The highest BCUT2D eigenvalue weighted by molar-refractivity contribution is 5.69. The van der Waals surface area contributed by atoms with Gasteiger partial charge in [-0.25, -0.2) is 0 Å². The van der Waals surface area contributed by atoms with Crippen molar-refractivity contribution in [1.82, 2.24) is 0 Å². The van der Waals surface area contributed by atoms with Crippen LogP contribution in [-0.2, 0) is 9.53 Å². The van der Waals surface area contributed by atoms with Gasteiger partial charge in [0.1, 0.15) is 0 Å². The van der Waals surface area contributed by atoms with Gasteiger partial charge >= 0.3 is 5.97 Å². The summed E-state index contributed by atoms with van der Waals surface area (Å²) in [6.45, 7) is 7.46. The van der Waals surface area contributed by atoms with E-state index in [4.69, 9.17) is 4.74 Å². The summed E-state index contributed by atoms with van der Waals surface area (Å²) >= 11 is 0. The molecule has 0 saturated carbocycles. The number of rotatable bonds is 24. The Balaban J connectivity index is 3.88. The summed E-state index contributed by atoms with van der Waals surface area (Å²) in [4.78, 5) is 12.1. The van der Waals surface area contributed by atoms with Gasteiger partial charge < -0.3 is 4.74 Å². The van der Waals surface area contributed by atoms with Crippen molar-refractivity contribution in [3.8, 4) is 0 Å². The Hall–Kier alpha value is -0.530. The predicted octanol–water partition coefficient (Wildman–Crippen LogP) is 9.79. The van der Waals surface area contributed by atoms with E-state index in [1.807, 2.05) is 0 Å². The average Bonchev–Trinajstić information content (AvgIpc) is 2.75. The number of hydrogen-bond acceptors (Lipinski definition) is 2. The van der Waals surface area contributed by atoms with Crippen LogP contribution in [0.5, 0.6) is 0 Å². The molecule has 30 heavy (non-hydrogen) atoms. The lowest BCUT2D eigenvalue weighted by Crippen LogP contribution is -2.14. The van der Waals surface area contributed by atoms with E-state index in [1.165, 1.54) is 128 Å². The zero-order chi connectivity index (χ0) is 22.1. The van der Waals surface area contributed by atoms with E-state index in [0.29, 0.717) is 18.9 Å². The molecule has 0 spiro atoms. The number of ether oxygens (including phenoxy) is 1. The van der Waals surface area contributed by atoms with Crippen molar-refractivity contribution in [2.45, 2.75) is 162 Å². The molecule has 1 atom stereocenters. The zero-order valence-electron chi connectivity index (χ0n) is 21.2. The molecule has 0 N–H and O–H groups in total. The fourth-order valence-corrected chi connectivity index (χ4v) is 4.25. The molecule has 0 fully saturated rings. The van der Waals surface area contributed by atoms with Crippen LogP contribution in [0.25, 0.3) is 0 Å². The number of carbonyl (C=O) groups excluding carboxylic acids is 1. The molecule has 2 nitrogen and oxygen atoms in total. The van der Waals surface area contributed by atoms with E-state index in [0.717, 1.165) is 6.42 Å². The Bertz CT molecular complexity index is 340. The topological polar surface area (TPSA) is 26.3 Å². The van der Waals surface area contributed by atoms with Crippen molar-refractivity contribution in [1.29, 1.82) is 0 Å². The normalized spacial score (nSPS) is 12.2. The average molecular weight is 425 g/mol. The highest BCUT2D eigenvalue weighted by Gasteiger charge is 2.12. The van der Waals surface area contributed by atoms with Crippen LogP contribution in [0.4, 0.5) is 0 Å². The van der Waals surface area contributed by atoms with Gasteiger partial charge in [0.2, 0.25) is 0 Å². The van der Waals surface area contributed by atoms with Gasteiger partial charge in [-0.1, -0.05) is 136 Å². The molecule has 1 unspecified atom stereocenters. The summed E-state index contributed by atoms with van der Waals surface area (Å²) in [7, 11) is 0. The van der Waals surface area contributed by atoms with Crippen LogP contribution in [-0.4, -0.2) is 12.6 Å². The minimum atomic E-state index is 0.0399. The molecule has 0 radical (unpaired) electrons. The van der Waals surface area contributed by atoms with Crippen molar-refractivity contribution >= 4 is 5.97 Å². The predicted molar refractivity (Wildman–Crippen MR) is 133 cm³/mol. The standard InChI is InChI=1S/C28H56O2/c1-4-7-10-13-15-17-18-21-24-27(23-20-12-9-6-3)26-30-28(29)25-22-19-16-14-11-8-5-2/h27H,4-26H2,1-3H3. The van der Waals surface area contributed by atoms with Crippen molar-refractivity contribution in [2.24, 2.45) is 5.92 Å². The first-order valence-corrected chi connectivity index (χ1v) is 13.9. The molecule has 0 aliphatic heterocycles. The molecule has 0 aliphatic carbocycles. The third-order valence-corrected chi connectivity index (χ3v) is 6.40. The molecule has 0 rings (SSSR count).